The molecule has 1 heterocycles. The highest BCUT2D eigenvalue weighted by atomic mass is 32.2. The van der Waals surface area contributed by atoms with Crippen molar-refractivity contribution in [3.63, 3.8) is 0 Å². The molecule has 0 N–H and O–H groups in total. The maximum atomic E-state index is 12.9. The number of rotatable bonds is 5. The van der Waals surface area contributed by atoms with Crippen LogP contribution in [0.3, 0.4) is 0 Å². The summed E-state index contributed by atoms with van der Waals surface area (Å²) in [5.74, 6) is -0.587. The van der Waals surface area contributed by atoms with Crippen LogP contribution in [0.15, 0.2) is 53.4 Å². The molecular formula is C20H20N2O4S. The molecule has 0 radical (unpaired) electrons. The number of benzene rings is 2. The molecule has 0 aliphatic carbocycles. The summed E-state index contributed by atoms with van der Waals surface area (Å²) in [5.41, 5.74) is 1.99. The summed E-state index contributed by atoms with van der Waals surface area (Å²) >= 11 is 0. The van der Waals surface area contributed by atoms with Crippen LogP contribution in [0.4, 0.5) is 0 Å². The van der Waals surface area contributed by atoms with Gasteiger partial charge in [0.25, 0.3) is 0 Å². The topological polar surface area (TPSA) is 87.5 Å². The van der Waals surface area contributed by atoms with Gasteiger partial charge < -0.3 is 4.74 Å². The summed E-state index contributed by atoms with van der Waals surface area (Å²) in [6.07, 6.45) is 1.02. The van der Waals surface area contributed by atoms with Crippen LogP contribution < -0.4 is 0 Å². The molecule has 0 amide bonds. The lowest BCUT2D eigenvalue weighted by atomic mass is 10.1. The molecule has 1 atom stereocenters. The Balaban J connectivity index is 1.75. The van der Waals surface area contributed by atoms with E-state index in [2.05, 4.69) is 6.07 Å². The van der Waals surface area contributed by atoms with Gasteiger partial charge in [-0.3, -0.25) is 4.79 Å². The molecule has 2 aromatic carbocycles. The molecule has 1 aliphatic rings. The Kier molecular flexibility index (Phi) is 5.59. The van der Waals surface area contributed by atoms with E-state index in [1.165, 1.54) is 4.31 Å². The van der Waals surface area contributed by atoms with Gasteiger partial charge in [0.15, 0.2) is 0 Å². The van der Waals surface area contributed by atoms with Crippen LogP contribution in [0, 0.1) is 18.3 Å². The molecule has 2 aromatic rings. The lowest BCUT2D eigenvalue weighted by Gasteiger charge is -2.23. The summed E-state index contributed by atoms with van der Waals surface area (Å²) in [6, 6.07) is 14.6. The number of nitriles is 1. The third kappa shape index (κ3) is 4.02. The fraction of sp³-hybridized carbons (Fsp3) is 0.300. The number of aryl methyl sites for hydroxylation is 1. The second-order valence-corrected chi connectivity index (χ2v) is 8.35. The highest BCUT2D eigenvalue weighted by Gasteiger charge is 2.40. The minimum Gasteiger partial charge on any atom is -0.460 e. The zero-order chi connectivity index (χ0) is 19.4. The predicted molar refractivity (Wildman–Crippen MR) is 99.0 cm³/mol. The van der Waals surface area contributed by atoms with Gasteiger partial charge in [0.1, 0.15) is 12.6 Å². The summed E-state index contributed by atoms with van der Waals surface area (Å²) in [5, 5.41) is 9.11. The number of carbonyl (C=O) groups excluding carboxylic acids is 1. The molecule has 140 valence electrons. The van der Waals surface area contributed by atoms with Gasteiger partial charge in [-0.25, -0.2) is 8.42 Å². The summed E-state index contributed by atoms with van der Waals surface area (Å²) in [6.45, 7) is 2.10. The zero-order valence-corrected chi connectivity index (χ0v) is 15.8. The largest absolute Gasteiger partial charge is 0.460 e. The first-order chi connectivity index (χ1) is 12.9. The van der Waals surface area contributed by atoms with E-state index in [9.17, 15) is 13.2 Å². The predicted octanol–water partition coefficient (Wildman–Crippen LogP) is 2.76. The van der Waals surface area contributed by atoms with Crippen LogP contribution >= 0.6 is 0 Å². The highest BCUT2D eigenvalue weighted by molar-refractivity contribution is 7.89. The molecule has 1 fully saturated rings. The Bertz CT molecular complexity index is 978. The van der Waals surface area contributed by atoms with E-state index < -0.39 is 22.0 Å². The second kappa shape index (κ2) is 7.91. The normalized spacial score (nSPS) is 17.4. The minimum absolute atomic E-state index is 0.0580. The second-order valence-electron chi connectivity index (χ2n) is 6.46. The first-order valence-corrected chi connectivity index (χ1v) is 10.1. The molecule has 0 bridgehead atoms. The van der Waals surface area contributed by atoms with Gasteiger partial charge in [-0.05, 0) is 38.0 Å². The Morgan fingerprint density at radius 3 is 2.63 bits per heavy atom. The van der Waals surface area contributed by atoms with Crippen molar-refractivity contribution in [1.82, 2.24) is 4.31 Å². The van der Waals surface area contributed by atoms with Crippen molar-refractivity contribution in [2.45, 2.75) is 37.3 Å². The van der Waals surface area contributed by atoms with Gasteiger partial charge >= 0.3 is 5.97 Å². The Labute approximate surface area is 159 Å². The van der Waals surface area contributed by atoms with E-state index in [1.807, 2.05) is 6.92 Å². The van der Waals surface area contributed by atoms with Crippen molar-refractivity contribution < 1.29 is 17.9 Å². The van der Waals surface area contributed by atoms with Crippen molar-refractivity contribution >= 4 is 16.0 Å². The van der Waals surface area contributed by atoms with Gasteiger partial charge in [-0.15, -0.1) is 0 Å². The van der Waals surface area contributed by atoms with Crippen LogP contribution in [0.2, 0.25) is 0 Å². The van der Waals surface area contributed by atoms with Crippen LogP contribution in [0.25, 0.3) is 0 Å². The number of esters is 1. The van der Waals surface area contributed by atoms with Crippen LogP contribution in [0.1, 0.15) is 29.5 Å². The number of ether oxygens (including phenoxy) is 1. The van der Waals surface area contributed by atoms with E-state index in [0.29, 0.717) is 24.0 Å². The molecule has 1 aliphatic heterocycles. The average molecular weight is 384 g/mol. The first kappa shape index (κ1) is 19.1. The molecular weight excluding hydrogens is 364 g/mol. The zero-order valence-electron chi connectivity index (χ0n) is 15.0. The van der Waals surface area contributed by atoms with Crippen molar-refractivity contribution in [3.05, 3.63) is 65.2 Å². The number of carbonyl (C=O) groups is 1. The van der Waals surface area contributed by atoms with E-state index in [1.54, 1.807) is 48.5 Å². The van der Waals surface area contributed by atoms with Gasteiger partial charge in [-0.2, -0.15) is 9.57 Å². The van der Waals surface area contributed by atoms with Crippen molar-refractivity contribution in [2.24, 2.45) is 0 Å². The number of nitrogens with zero attached hydrogens (tertiary/aromatic N) is 2. The fourth-order valence-electron chi connectivity index (χ4n) is 3.11. The molecule has 7 heteroatoms. The quantitative estimate of drug-likeness (QED) is 0.740. The molecule has 0 spiro atoms. The molecule has 3 rings (SSSR count). The SMILES string of the molecule is Cc1ccc(S(=O)(=O)N2CCC[C@H]2C(=O)OCc2ccccc2C#N)cc1. The Hall–Kier alpha value is -2.69. The average Bonchev–Trinajstić information content (AvgIpc) is 3.17. The molecule has 27 heavy (non-hydrogen) atoms. The maximum absolute atomic E-state index is 12.9. The summed E-state index contributed by atoms with van der Waals surface area (Å²) in [4.78, 5) is 12.7. The standard InChI is InChI=1S/C20H20N2O4S/c1-15-8-10-18(11-9-15)27(24,25)22-12-4-7-19(22)20(23)26-14-17-6-3-2-5-16(17)13-21/h2-3,5-6,8-11,19H,4,7,12,14H2,1H3/t19-/m0/s1. The molecule has 0 saturated carbocycles. The van der Waals surface area contributed by atoms with E-state index in [4.69, 9.17) is 10.00 Å². The van der Waals surface area contributed by atoms with Gasteiger partial charge in [-0.1, -0.05) is 35.9 Å². The van der Waals surface area contributed by atoms with Crippen molar-refractivity contribution in [1.29, 1.82) is 5.26 Å². The van der Waals surface area contributed by atoms with Crippen LogP contribution in [0.5, 0.6) is 0 Å². The lowest BCUT2D eigenvalue weighted by Crippen LogP contribution is -2.41. The van der Waals surface area contributed by atoms with Gasteiger partial charge in [0, 0.05) is 12.1 Å². The monoisotopic (exact) mass is 384 g/mol. The number of sulfonamides is 1. The fourth-order valence-corrected chi connectivity index (χ4v) is 4.76. The number of hydrogen-bond acceptors (Lipinski definition) is 5. The highest BCUT2D eigenvalue weighted by Crippen LogP contribution is 2.27. The van der Waals surface area contributed by atoms with E-state index >= 15 is 0 Å². The summed E-state index contributed by atoms with van der Waals surface area (Å²) in [7, 11) is -3.77. The smallest absolute Gasteiger partial charge is 0.324 e. The van der Waals surface area contributed by atoms with Crippen LogP contribution in [-0.4, -0.2) is 31.3 Å². The van der Waals surface area contributed by atoms with E-state index in [0.717, 1.165) is 5.56 Å². The number of hydrogen-bond donors (Lipinski definition) is 0. The molecule has 6 nitrogen and oxygen atoms in total. The minimum atomic E-state index is -3.77. The Morgan fingerprint density at radius 1 is 1.22 bits per heavy atom. The molecule has 1 saturated heterocycles. The third-order valence-corrected chi connectivity index (χ3v) is 6.53. The van der Waals surface area contributed by atoms with Crippen molar-refractivity contribution in [2.75, 3.05) is 6.54 Å². The first-order valence-electron chi connectivity index (χ1n) is 8.66. The molecule has 0 unspecified atom stereocenters. The summed E-state index contributed by atoms with van der Waals surface area (Å²) < 4.78 is 32.4. The lowest BCUT2D eigenvalue weighted by molar-refractivity contribution is -0.148. The molecule has 0 aromatic heterocycles. The maximum Gasteiger partial charge on any atom is 0.324 e. The van der Waals surface area contributed by atoms with Gasteiger partial charge in [0.2, 0.25) is 10.0 Å². The van der Waals surface area contributed by atoms with E-state index in [-0.39, 0.29) is 18.0 Å². The Morgan fingerprint density at radius 2 is 1.93 bits per heavy atom. The van der Waals surface area contributed by atoms with Crippen LogP contribution in [-0.2, 0) is 26.2 Å². The third-order valence-electron chi connectivity index (χ3n) is 4.61. The van der Waals surface area contributed by atoms with Gasteiger partial charge in [0.05, 0.1) is 16.5 Å². The van der Waals surface area contributed by atoms with Crippen molar-refractivity contribution in [3.8, 4) is 6.07 Å².